The number of hydrogen-bond acceptors (Lipinski definition) is 3. The third-order valence-corrected chi connectivity index (χ3v) is 5.13. The summed E-state index contributed by atoms with van der Waals surface area (Å²) in [7, 11) is 0. The van der Waals surface area contributed by atoms with E-state index in [0.29, 0.717) is 18.8 Å². The fourth-order valence-electron chi connectivity index (χ4n) is 3.72. The van der Waals surface area contributed by atoms with Crippen molar-refractivity contribution in [3.05, 3.63) is 90.0 Å². The highest BCUT2D eigenvalue weighted by Crippen LogP contribution is 2.29. The van der Waals surface area contributed by atoms with Crippen molar-refractivity contribution in [2.45, 2.75) is 32.9 Å². The Bertz CT molecular complexity index is 1100. The Morgan fingerprint density at radius 1 is 1.07 bits per heavy atom. The van der Waals surface area contributed by atoms with Crippen LogP contribution in [0.25, 0.3) is 10.9 Å². The van der Waals surface area contributed by atoms with Gasteiger partial charge in [0.1, 0.15) is 17.2 Å². The second kappa shape index (κ2) is 9.35. The summed E-state index contributed by atoms with van der Waals surface area (Å²) in [4.78, 5) is 13.0. The Balaban J connectivity index is 1.60. The number of ether oxygens (including phenoxy) is 1. The van der Waals surface area contributed by atoms with Crippen molar-refractivity contribution < 1.29 is 13.9 Å². The lowest BCUT2D eigenvalue weighted by atomic mass is 10.1. The van der Waals surface area contributed by atoms with Crippen LogP contribution in [0.2, 0.25) is 0 Å². The number of carbonyl (C=O) groups is 1. The van der Waals surface area contributed by atoms with E-state index in [9.17, 15) is 4.79 Å². The molecule has 154 valence electrons. The molecule has 1 N–H and O–H groups in total. The normalized spacial score (nSPS) is 11.0. The highest BCUT2D eigenvalue weighted by atomic mass is 16.5. The van der Waals surface area contributed by atoms with Crippen molar-refractivity contribution in [2.24, 2.45) is 0 Å². The summed E-state index contributed by atoms with van der Waals surface area (Å²) in [6, 6.07) is 22.0. The number of nitrogens with zero attached hydrogens (tertiary/aromatic N) is 1. The van der Waals surface area contributed by atoms with Crippen LogP contribution in [0.1, 0.15) is 35.2 Å². The minimum Gasteiger partial charge on any atom is -0.493 e. The van der Waals surface area contributed by atoms with Crippen LogP contribution in [0.3, 0.4) is 0 Å². The number of furan rings is 1. The molecule has 1 amide bonds. The van der Waals surface area contributed by atoms with Gasteiger partial charge in [-0.05, 0) is 55.7 Å². The molecule has 0 saturated carbocycles. The van der Waals surface area contributed by atoms with Gasteiger partial charge in [-0.2, -0.15) is 0 Å². The summed E-state index contributed by atoms with van der Waals surface area (Å²) < 4.78 is 13.2. The number of amides is 1. The molecule has 2 aromatic carbocycles. The zero-order valence-electron chi connectivity index (χ0n) is 17.1. The Labute approximate surface area is 176 Å². The first-order valence-corrected chi connectivity index (χ1v) is 10.4. The van der Waals surface area contributed by atoms with Gasteiger partial charge in [-0.15, -0.1) is 0 Å². The van der Waals surface area contributed by atoms with Crippen LogP contribution in [0, 0.1) is 0 Å². The molecule has 5 heteroatoms. The van der Waals surface area contributed by atoms with Gasteiger partial charge >= 0.3 is 0 Å². The first kappa shape index (κ1) is 19.8. The van der Waals surface area contributed by atoms with E-state index in [-0.39, 0.29) is 5.91 Å². The Kier molecular flexibility index (Phi) is 6.18. The average Bonchev–Trinajstić information content (AvgIpc) is 3.42. The molecule has 0 atom stereocenters. The molecule has 2 aromatic heterocycles. The number of fused-ring (bicyclic) bond motifs is 1. The van der Waals surface area contributed by atoms with Crippen molar-refractivity contribution >= 4 is 16.8 Å². The van der Waals surface area contributed by atoms with E-state index in [4.69, 9.17) is 9.15 Å². The van der Waals surface area contributed by atoms with E-state index in [2.05, 4.69) is 34.1 Å². The second-order valence-corrected chi connectivity index (χ2v) is 7.15. The quantitative estimate of drug-likeness (QED) is 0.419. The molecule has 0 saturated heterocycles. The number of rotatable bonds is 9. The molecule has 0 unspecified atom stereocenters. The monoisotopic (exact) mass is 402 g/mol. The number of carbonyl (C=O) groups excluding carboxylic acids is 1. The van der Waals surface area contributed by atoms with Crippen molar-refractivity contribution in [1.29, 1.82) is 0 Å². The van der Waals surface area contributed by atoms with Gasteiger partial charge in [0.25, 0.3) is 5.91 Å². The number of aromatic nitrogens is 1. The molecule has 4 aromatic rings. The molecule has 0 fully saturated rings. The number of benzene rings is 2. The number of aryl methyl sites for hydroxylation is 2. The number of hydrogen-bond donors (Lipinski definition) is 1. The summed E-state index contributed by atoms with van der Waals surface area (Å²) in [5.74, 6) is 1.41. The van der Waals surface area contributed by atoms with Gasteiger partial charge in [-0.25, -0.2) is 0 Å². The lowest BCUT2D eigenvalue weighted by Crippen LogP contribution is -2.25. The Hall–Kier alpha value is -3.47. The summed E-state index contributed by atoms with van der Waals surface area (Å²) >= 11 is 0. The van der Waals surface area contributed by atoms with Crippen LogP contribution in [-0.2, 0) is 19.5 Å². The van der Waals surface area contributed by atoms with E-state index < -0.39 is 0 Å². The molecule has 0 aliphatic rings. The fraction of sp³-hybridized carbons (Fsp3) is 0.240. The van der Waals surface area contributed by atoms with Gasteiger partial charge in [0.05, 0.1) is 24.9 Å². The van der Waals surface area contributed by atoms with E-state index in [1.807, 2.05) is 49.4 Å². The highest BCUT2D eigenvalue weighted by molar-refractivity contribution is 6.00. The summed E-state index contributed by atoms with van der Waals surface area (Å²) in [6.45, 7) is 3.65. The lowest BCUT2D eigenvalue weighted by molar-refractivity contribution is 0.0939. The summed E-state index contributed by atoms with van der Waals surface area (Å²) in [5, 5.41) is 3.93. The summed E-state index contributed by atoms with van der Waals surface area (Å²) in [5.41, 5.74) is 2.95. The molecule has 5 nitrogen and oxygen atoms in total. The van der Waals surface area contributed by atoms with Crippen LogP contribution in [-0.4, -0.2) is 17.1 Å². The van der Waals surface area contributed by atoms with E-state index >= 15 is 0 Å². The smallest absolute Gasteiger partial charge is 0.268 e. The van der Waals surface area contributed by atoms with Crippen LogP contribution in [0.15, 0.2) is 77.4 Å². The predicted molar refractivity (Wildman–Crippen MR) is 118 cm³/mol. The second-order valence-electron chi connectivity index (χ2n) is 7.15. The van der Waals surface area contributed by atoms with Gasteiger partial charge in [0.15, 0.2) is 0 Å². The third kappa shape index (κ3) is 4.40. The minimum atomic E-state index is -0.121. The van der Waals surface area contributed by atoms with Crippen LogP contribution < -0.4 is 10.1 Å². The molecule has 0 aliphatic heterocycles. The minimum absolute atomic E-state index is 0.121. The van der Waals surface area contributed by atoms with Crippen LogP contribution >= 0.6 is 0 Å². The molecule has 4 rings (SSSR count). The van der Waals surface area contributed by atoms with Gasteiger partial charge in [-0.1, -0.05) is 36.4 Å². The molecule has 30 heavy (non-hydrogen) atoms. The van der Waals surface area contributed by atoms with E-state index in [1.54, 1.807) is 6.26 Å². The summed E-state index contributed by atoms with van der Waals surface area (Å²) in [6.07, 6.45) is 3.50. The third-order valence-electron chi connectivity index (χ3n) is 5.13. The first-order chi connectivity index (χ1) is 14.8. The maximum absolute atomic E-state index is 13.0. The van der Waals surface area contributed by atoms with Crippen LogP contribution in [0.5, 0.6) is 5.75 Å². The van der Waals surface area contributed by atoms with Gasteiger partial charge in [0.2, 0.25) is 0 Å². The predicted octanol–water partition coefficient (Wildman–Crippen LogP) is 5.20. The largest absolute Gasteiger partial charge is 0.493 e. The van der Waals surface area contributed by atoms with Crippen molar-refractivity contribution in [1.82, 2.24) is 9.88 Å². The Morgan fingerprint density at radius 2 is 1.93 bits per heavy atom. The van der Waals surface area contributed by atoms with Gasteiger partial charge in [0, 0.05) is 11.9 Å². The van der Waals surface area contributed by atoms with Gasteiger partial charge < -0.3 is 19.0 Å². The van der Waals surface area contributed by atoms with Gasteiger partial charge in [-0.3, -0.25) is 4.79 Å². The first-order valence-electron chi connectivity index (χ1n) is 10.4. The standard InChI is InChI=1S/C25H26N2O3/c1-2-29-24-14-6-13-22-21(24)17-23(25(28)26-18-20-12-8-16-30-20)27(22)15-7-11-19-9-4-3-5-10-19/h3-6,8-10,12-14,16-17H,2,7,11,15,18H2,1H3,(H,26,28). The number of nitrogens with one attached hydrogen (secondary N) is 1. The van der Waals surface area contributed by atoms with Crippen molar-refractivity contribution in [3.8, 4) is 5.75 Å². The molecular weight excluding hydrogens is 376 g/mol. The molecule has 2 heterocycles. The Morgan fingerprint density at radius 3 is 2.70 bits per heavy atom. The molecular formula is C25H26N2O3. The van der Waals surface area contributed by atoms with Crippen molar-refractivity contribution in [3.63, 3.8) is 0 Å². The fourth-order valence-corrected chi connectivity index (χ4v) is 3.72. The maximum Gasteiger partial charge on any atom is 0.268 e. The topological polar surface area (TPSA) is 56.4 Å². The maximum atomic E-state index is 13.0. The molecule has 0 aliphatic carbocycles. The average molecular weight is 402 g/mol. The van der Waals surface area contributed by atoms with E-state index in [1.165, 1.54) is 5.56 Å². The van der Waals surface area contributed by atoms with Crippen LogP contribution in [0.4, 0.5) is 0 Å². The lowest BCUT2D eigenvalue weighted by Gasteiger charge is -2.11. The van der Waals surface area contributed by atoms with Crippen molar-refractivity contribution in [2.75, 3.05) is 6.61 Å². The zero-order chi connectivity index (χ0) is 20.8. The molecule has 0 radical (unpaired) electrons. The molecule has 0 spiro atoms. The molecule has 0 bridgehead atoms. The zero-order valence-corrected chi connectivity index (χ0v) is 17.1. The van der Waals surface area contributed by atoms with E-state index in [0.717, 1.165) is 41.8 Å². The SMILES string of the molecule is CCOc1cccc2c1cc(C(=O)NCc1ccco1)n2CCCc1ccccc1. The highest BCUT2D eigenvalue weighted by Gasteiger charge is 2.18.